The minimum Gasteiger partial charge on any atom is -0.496 e. The number of esters is 1. The number of hydrogen-bond donors (Lipinski definition) is 0. The van der Waals surface area contributed by atoms with Gasteiger partial charge in [-0.15, -0.1) is 0 Å². The minimum absolute atomic E-state index is 0.00709. The molecule has 0 amide bonds. The van der Waals surface area contributed by atoms with Crippen LogP contribution in [-0.2, 0) is 14.3 Å². The Morgan fingerprint density at radius 2 is 1.84 bits per heavy atom. The Bertz CT molecular complexity index is 1100. The molecule has 1 heterocycles. The van der Waals surface area contributed by atoms with Crippen LogP contribution in [0.4, 0.5) is 0 Å². The number of halogens is 1. The Morgan fingerprint density at radius 1 is 1.12 bits per heavy atom. The second kappa shape index (κ2) is 9.29. The van der Waals surface area contributed by atoms with Crippen molar-refractivity contribution in [2.24, 2.45) is 10.9 Å². The fraction of sp³-hybridized carbons (Fsp3) is 0.346. The molecular formula is C26H26ClNO4. The molecule has 5 nitrogen and oxygen atoms in total. The smallest absolute Gasteiger partial charge is 0.315 e. The van der Waals surface area contributed by atoms with Crippen molar-refractivity contribution in [3.05, 3.63) is 76.0 Å². The molecule has 166 valence electrons. The normalized spacial score (nSPS) is 22.8. The number of ether oxygens (including phenoxy) is 2. The van der Waals surface area contributed by atoms with Gasteiger partial charge in [-0.3, -0.25) is 14.6 Å². The Morgan fingerprint density at radius 3 is 2.53 bits per heavy atom. The zero-order valence-corrected chi connectivity index (χ0v) is 19.2. The van der Waals surface area contributed by atoms with Crippen molar-refractivity contribution >= 4 is 29.1 Å². The zero-order valence-electron chi connectivity index (χ0n) is 18.4. The number of Topliss-reactive ketones (excluding diaryl/α,β-unsaturated/α-hetero) is 1. The third kappa shape index (κ3) is 4.09. The summed E-state index contributed by atoms with van der Waals surface area (Å²) in [5.74, 6) is -0.859. The Hall–Kier alpha value is -2.92. The molecule has 0 fully saturated rings. The lowest BCUT2D eigenvalue weighted by Crippen LogP contribution is -2.38. The molecule has 0 spiro atoms. The molecule has 2 aromatic rings. The molecule has 6 heteroatoms. The summed E-state index contributed by atoms with van der Waals surface area (Å²) in [6.45, 7) is 3.88. The summed E-state index contributed by atoms with van der Waals surface area (Å²) < 4.78 is 11.0. The topological polar surface area (TPSA) is 65.0 Å². The number of methoxy groups -OCH3 is 1. The molecule has 1 aliphatic heterocycles. The lowest BCUT2D eigenvalue weighted by atomic mass is 9.69. The Labute approximate surface area is 193 Å². The van der Waals surface area contributed by atoms with Crippen molar-refractivity contribution < 1.29 is 19.1 Å². The number of hydrogen-bond acceptors (Lipinski definition) is 5. The number of rotatable bonds is 5. The van der Waals surface area contributed by atoms with E-state index in [4.69, 9.17) is 26.1 Å². The van der Waals surface area contributed by atoms with Gasteiger partial charge in [-0.2, -0.15) is 0 Å². The van der Waals surface area contributed by atoms with Crippen molar-refractivity contribution in [1.82, 2.24) is 0 Å². The summed E-state index contributed by atoms with van der Waals surface area (Å²) in [7, 11) is 1.59. The van der Waals surface area contributed by atoms with Crippen LogP contribution < -0.4 is 4.74 Å². The van der Waals surface area contributed by atoms with Crippen molar-refractivity contribution in [1.29, 1.82) is 0 Å². The van der Waals surface area contributed by atoms with Gasteiger partial charge in [0, 0.05) is 39.9 Å². The first-order chi connectivity index (χ1) is 15.4. The van der Waals surface area contributed by atoms with Crippen LogP contribution in [0.25, 0.3) is 0 Å². The first-order valence-corrected chi connectivity index (χ1v) is 11.2. The quantitative estimate of drug-likeness (QED) is 0.564. The molecule has 0 saturated carbocycles. The number of ketones is 1. The summed E-state index contributed by atoms with van der Waals surface area (Å²) in [6, 6.07) is 15.1. The lowest BCUT2D eigenvalue weighted by molar-refractivity contribution is -0.146. The maximum atomic E-state index is 13.5. The molecule has 1 unspecified atom stereocenters. The van der Waals surface area contributed by atoms with Gasteiger partial charge in [0.1, 0.15) is 11.7 Å². The fourth-order valence-electron chi connectivity index (χ4n) is 4.83. The maximum Gasteiger partial charge on any atom is 0.315 e. The third-order valence-electron chi connectivity index (χ3n) is 6.24. The Balaban J connectivity index is 1.82. The number of allylic oxidation sites excluding steroid dienone is 2. The van der Waals surface area contributed by atoms with E-state index in [-0.39, 0.29) is 24.3 Å². The molecule has 2 aromatic carbocycles. The number of benzene rings is 2. The molecule has 0 N–H and O–H groups in total. The largest absolute Gasteiger partial charge is 0.496 e. The van der Waals surface area contributed by atoms with E-state index in [0.717, 1.165) is 16.8 Å². The summed E-state index contributed by atoms with van der Waals surface area (Å²) in [6.07, 6.45) is 0.984. The third-order valence-corrected chi connectivity index (χ3v) is 6.50. The number of nitrogens with zero attached hydrogens (tertiary/aromatic N) is 1. The number of aliphatic imine (C=N–C) groups is 1. The van der Waals surface area contributed by atoms with Gasteiger partial charge >= 0.3 is 5.97 Å². The summed E-state index contributed by atoms with van der Waals surface area (Å²) in [5, 5.41) is 0.663. The van der Waals surface area contributed by atoms with Crippen LogP contribution in [0.1, 0.15) is 49.7 Å². The number of carbonyl (C=O) groups is 2. The van der Waals surface area contributed by atoms with E-state index in [1.165, 1.54) is 0 Å². The second-order valence-electron chi connectivity index (χ2n) is 8.14. The van der Waals surface area contributed by atoms with E-state index in [1.54, 1.807) is 14.0 Å². The van der Waals surface area contributed by atoms with Gasteiger partial charge in [0.05, 0.1) is 13.7 Å². The highest BCUT2D eigenvalue weighted by Gasteiger charge is 2.45. The SMILES string of the molecule is CCOC(=O)C1C(C)=NC2=C(C(=O)C[C@H](c3ccc(Cl)cc3)C2)[C@@H]1c1ccccc1OC. The van der Waals surface area contributed by atoms with Crippen LogP contribution in [0.3, 0.4) is 0 Å². The molecular weight excluding hydrogens is 426 g/mol. The highest BCUT2D eigenvalue weighted by atomic mass is 35.5. The van der Waals surface area contributed by atoms with Crippen LogP contribution in [0, 0.1) is 5.92 Å². The van der Waals surface area contributed by atoms with Gasteiger partial charge < -0.3 is 9.47 Å². The summed E-state index contributed by atoms with van der Waals surface area (Å²) >= 11 is 6.04. The van der Waals surface area contributed by atoms with Crippen molar-refractivity contribution in [3.63, 3.8) is 0 Å². The fourth-order valence-corrected chi connectivity index (χ4v) is 4.95. The van der Waals surface area contributed by atoms with Gasteiger partial charge in [-0.05, 0) is 49.9 Å². The average molecular weight is 452 g/mol. The molecule has 0 radical (unpaired) electrons. The van der Waals surface area contributed by atoms with Gasteiger partial charge in [-0.25, -0.2) is 0 Å². The van der Waals surface area contributed by atoms with Crippen LogP contribution >= 0.6 is 11.6 Å². The first-order valence-electron chi connectivity index (χ1n) is 10.8. The second-order valence-corrected chi connectivity index (χ2v) is 8.58. The maximum absolute atomic E-state index is 13.5. The molecule has 32 heavy (non-hydrogen) atoms. The van der Waals surface area contributed by atoms with E-state index in [2.05, 4.69) is 0 Å². The zero-order chi connectivity index (χ0) is 22.8. The van der Waals surface area contributed by atoms with Crippen molar-refractivity contribution in [2.75, 3.05) is 13.7 Å². The van der Waals surface area contributed by atoms with E-state index in [9.17, 15) is 9.59 Å². The van der Waals surface area contributed by atoms with E-state index < -0.39 is 11.8 Å². The van der Waals surface area contributed by atoms with Gasteiger partial charge in [0.25, 0.3) is 0 Å². The lowest BCUT2D eigenvalue weighted by Gasteiger charge is -2.37. The van der Waals surface area contributed by atoms with E-state index >= 15 is 0 Å². The standard InChI is InChI=1S/C26H26ClNO4/c1-4-32-26(30)23-15(2)28-20-13-17(16-9-11-18(27)12-10-16)14-21(29)25(20)24(23)19-7-5-6-8-22(19)31-3/h5-12,17,23-24H,4,13-14H2,1-3H3/t17-,23?,24-/m1/s1. The van der Waals surface area contributed by atoms with Crippen LogP contribution in [0.15, 0.2) is 64.8 Å². The van der Waals surface area contributed by atoms with Crippen LogP contribution in [0.5, 0.6) is 5.75 Å². The minimum atomic E-state index is -0.666. The van der Waals surface area contributed by atoms with Gasteiger partial charge in [-0.1, -0.05) is 41.9 Å². The molecule has 0 aromatic heterocycles. The monoisotopic (exact) mass is 451 g/mol. The van der Waals surface area contributed by atoms with Crippen LogP contribution in [-0.4, -0.2) is 31.2 Å². The van der Waals surface area contributed by atoms with Crippen molar-refractivity contribution in [2.45, 2.75) is 38.5 Å². The van der Waals surface area contributed by atoms with Gasteiger partial charge in [0.2, 0.25) is 0 Å². The molecule has 3 atom stereocenters. The average Bonchev–Trinajstić information content (AvgIpc) is 2.78. The first kappa shape index (κ1) is 22.3. The molecule has 0 saturated heterocycles. The highest BCUT2D eigenvalue weighted by molar-refractivity contribution is 6.30. The Kier molecular flexibility index (Phi) is 6.47. The van der Waals surface area contributed by atoms with Gasteiger partial charge in [0.15, 0.2) is 5.78 Å². The predicted molar refractivity (Wildman–Crippen MR) is 124 cm³/mol. The highest BCUT2D eigenvalue weighted by Crippen LogP contribution is 2.48. The van der Waals surface area contributed by atoms with Crippen molar-refractivity contribution in [3.8, 4) is 5.75 Å². The summed E-state index contributed by atoms with van der Waals surface area (Å²) in [5.41, 5.74) is 3.86. The van der Waals surface area contributed by atoms with Crippen LogP contribution in [0.2, 0.25) is 5.02 Å². The molecule has 4 rings (SSSR count). The predicted octanol–water partition coefficient (Wildman–Crippen LogP) is 5.49. The molecule has 2 aliphatic rings. The molecule has 1 aliphatic carbocycles. The summed E-state index contributed by atoms with van der Waals surface area (Å²) in [4.78, 5) is 31.3. The number of para-hydroxylation sites is 1. The van der Waals surface area contributed by atoms with E-state index in [1.807, 2.05) is 55.5 Å². The van der Waals surface area contributed by atoms with E-state index in [0.29, 0.717) is 34.9 Å². The molecule has 0 bridgehead atoms. The number of carbonyl (C=O) groups excluding carboxylic acids is 2.